The van der Waals surface area contributed by atoms with Gasteiger partial charge in [-0.3, -0.25) is 4.90 Å². The van der Waals surface area contributed by atoms with Crippen molar-refractivity contribution in [1.82, 2.24) is 4.57 Å². The molecule has 26 heavy (non-hydrogen) atoms. The average Bonchev–Trinajstić information content (AvgIpc) is 3.19. The van der Waals surface area contributed by atoms with Gasteiger partial charge in [0.25, 0.3) is 0 Å². The lowest BCUT2D eigenvalue weighted by molar-refractivity contribution is 0.145. The topological polar surface area (TPSA) is 113 Å². The summed E-state index contributed by atoms with van der Waals surface area (Å²) in [5.41, 5.74) is 10.8. The second-order valence-electron chi connectivity index (χ2n) is 5.72. The number of carbonyl (C=O) groups is 1. The van der Waals surface area contributed by atoms with E-state index in [-0.39, 0.29) is 6.54 Å². The zero-order valence-corrected chi connectivity index (χ0v) is 13.5. The Morgan fingerprint density at radius 3 is 2.62 bits per heavy atom. The van der Waals surface area contributed by atoms with Crippen molar-refractivity contribution in [3.8, 4) is 5.69 Å². The van der Waals surface area contributed by atoms with Gasteiger partial charge in [-0.15, -0.1) is 0 Å². The molecule has 1 amide bonds. The number of rotatable bonds is 4. The first kappa shape index (κ1) is 15.8. The standard InChI is InChI=1S/C17H13N5O4/c18-20-19-9-13-10-21(16(23)25-13)11-5-7-12(8-6-11)22-14-3-1-2-4-15(14)26-17(22)24/h1-8,13H,9-10H2/t13-/m0/s1. The second-order valence-corrected chi connectivity index (χ2v) is 5.72. The van der Waals surface area contributed by atoms with Gasteiger partial charge in [-0.1, -0.05) is 17.2 Å². The number of aromatic nitrogens is 1. The fraction of sp³-hybridized carbons (Fsp3) is 0.176. The minimum absolute atomic E-state index is 0.0905. The number of azide groups is 1. The highest BCUT2D eigenvalue weighted by atomic mass is 16.6. The number of nitrogens with zero attached hydrogens (tertiary/aromatic N) is 5. The summed E-state index contributed by atoms with van der Waals surface area (Å²) in [4.78, 5) is 28.3. The van der Waals surface area contributed by atoms with Crippen molar-refractivity contribution in [1.29, 1.82) is 0 Å². The molecule has 0 aliphatic carbocycles. The van der Waals surface area contributed by atoms with Crippen LogP contribution in [0.15, 0.2) is 62.9 Å². The van der Waals surface area contributed by atoms with Gasteiger partial charge < -0.3 is 9.15 Å². The molecule has 0 saturated carbocycles. The molecule has 3 aromatic rings. The summed E-state index contributed by atoms with van der Waals surface area (Å²) >= 11 is 0. The number of hydrogen-bond donors (Lipinski definition) is 0. The first-order chi connectivity index (χ1) is 12.7. The number of hydrogen-bond acceptors (Lipinski definition) is 5. The van der Waals surface area contributed by atoms with Crippen molar-refractivity contribution < 1.29 is 13.9 Å². The second kappa shape index (κ2) is 6.30. The molecule has 1 aliphatic heterocycles. The van der Waals surface area contributed by atoms with Crippen LogP contribution in [-0.4, -0.2) is 29.9 Å². The molecule has 0 bridgehead atoms. The molecule has 4 rings (SSSR count). The molecule has 2 heterocycles. The number of para-hydroxylation sites is 2. The normalized spacial score (nSPS) is 16.5. The van der Waals surface area contributed by atoms with Crippen LogP contribution in [0.25, 0.3) is 27.2 Å². The molecular weight excluding hydrogens is 338 g/mol. The SMILES string of the molecule is [N-]=[N+]=NC[C@H]1CN(c2ccc(-n3c(=O)oc4ccccc43)cc2)C(=O)O1. The minimum atomic E-state index is -0.498. The lowest BCUT2D eigenvalue weighted by Crippen LogP contribution is -2.25. The molecule has 9 heteroatoms. The number of oxazole rings is 1. The smallest absolute Gasteiger partial charge is 0.424 e. The molecular formula is C17H13N5O4. The summed E-state index contributed by atoms with van der Waals surface area (Å²) < 4.78 is 11.9. The molecule has 1 saturated heterocycles. The van der Waals surface area contributed by atoms with E-state index in [0.717, 1.165) is 0 Å². The number of cyclic esters (lactones) is 1. The average molecular weight is 351 g/mol. The third-order valence-corrected chi connectivity index (χ3v) is 4.13. The maximum absolute atomic E-state index is 12.1. The Morgan fingerprint density at radius 1 is 1.12 bits per heavy atom. The van der Waals surface area contributed by atoms with E-state index in [9.17, 15) is 9.59 Å². The fourth-order valence-corrected chi connectivity index (χ4v) is 2.95. The third-order valence-electron chi connectivity index (χ3n) is 4.13. The highest BCUT2D eigenvalue weighted by Crippen LogP contribution is 2.24. The summed E-state index contributed by atoms with van der Waals surface area (Å²) in [5.74, 6) is -0.478. The van der Waals surface area contributed by atoms with Crippen LogP contribution in [0.3, 0.4) is 0 Å². The van der Waals surface area contributed by atoms with Gasteiger partial charge in [0.1, 0.15) is 6.10 Å². The van der Waals surface area contributed by atoms with Crippen LogP contribution in [0.5, 0.6) is 0 Å². The van der Waals surface area contributed by atoms with Crippen molar-refractivity contribution in [2.45, 2.75) is 6.10 Å². The van der Waals surface area contributed by atoms with Crippen LogP contribution in [0, 0.1) is 0 Å². The van der Waals surface area contributed by atoms with Crippen molar-refractivity contribution in [3.63, 3.8) is 0 Å². The van der Waals surface area contributed by atoms with Gasteiger partial charge in [-0.2, -0.15) is 0 Å². The zero-order chi connectivity index (χ0) is 18.1. The lowest BCUT2D eigenvalue weighted by Gasteiger charge is -2.13. The summed E-state index contributed by atoms with van der Waals surface area (Å²) in [6.45, 7) is 0.388. The van der Waals surface area contributed by atoms with Gasteiger partial charge in [0, 0.05) is 10.6 Å². The molecule has 1 aromatic heterocycles. The van der Waals surface area contributed by atoms with E-state index in [2.05, 4.69) is 10.0 Å². The lowest BCUT2D eigenvalue weighted by atomic mass is 10.2. The predicted molar refractivity (Wildman–Crippen MR) is 93.4 cm³/mol. The van der Waals surface area contributed by atoms with Crippen LogP contribution >= 0.6 is 0 Å². The first-order valence-electron chi connectivity index (χ1n) is 7.87. The van der Waals surface area contributed by atoms with Crippen LogP contribution in [0.4, 0.5) is 10.5 Å². The largest absolute Gasteiger partial charge is 0.444 e. The monoisotopic (exact) mass is 351 g/mol. The maximum atomic E-state index is 12.1. The van der Waals surface area contributed by atoms with E-state index in [1.165, 1.54) is 9.47 Å². The first-order valence-corrected chi connectivity index (χ1v) is 7.87. The van der Waals surface area contributed by atoms with E-state index < -0.39 is 18.0 Å². The molecule has 0 spiro atoms. The van der Waals surface area contributed by atoms with Crippen LogP contribution in [0.1, 0.15) is 0 Å². The minimum Gasteiger partial charge on any atom is -0.444 e. The fourth-order valence-electron chi connectivity index (χ4n) is 2.95. The molecule has 0 N–H and O–H groups in total. The van der Waals surface area contributed by atoms with E-state index in [1.54, 1.807) is 42.5 Å². The Balaban J connectivity index is 1.63. The van der Waals surface area contributed by atoms with Crippen molar-refractivity contribution >= 4 is 22.9 Å². The molecule has 0 unspecified atom stereocenters. The van der Waals surface area contributed by atoms with E-state index in [4.69, 9.17) is 14.7 Å². The third kappa shape index (κ3) is 2.66. The predicted octanol–water partition coefficient (Wildman–Crippen LogP) is 3.22. The van der Waals surface area contributed by atoms with Gasteiger partial charge in [-0.05, 0) is 41.9 Å². The highest BCUT2D eigenvalue weighted by Gasteiger charge is 2.31. The van der Waals surface area contributed by atoms with Gasteiger partial charge in [-0.25, -0.2) is 14.2 Å². The molecule has 9 nitrogen and oxygen atoms in total. The van der Waals surface area contributed by atoms with Crippen LogP contribution in [0.2, 0.25) is 0 Å². The number of benzene rings is 2. The van der Waals surface area contributed by atoms with Gasteiger partial charge >= 0.3 is 11.8 Å². The molecule has 1 atom stereocenters. The van der Waals surface area contributed by atoms with Crippen LogP contribution < -0.4 is 10.7 Å². The summed E-state index contributed by atoms with van der Waals surface area (Å²) in [6.07, 6.45) is -0.972. The van der Waals surface area contributed by atoms with Gasteiger partial charge in [0.15, 0.2) is 5.58 Å². The molecule has 2 aromatic carbocycles. The van der Waals surface area contributed by atoms with Crippen molar-refractivity contribution in [3.05, 3.63) is 69.5 Å². The summed E-state index contributed by atoms with van der Waals surface area (Å²) in [5, 5.41) is 3.43. The molecule has 0 radical (unpaired) electrons. The Kier molecular flexibility index (Phi) is 3.83. The van der Waals surface area contributed by atoms with Crippen molar-refractivity contribution in [2.75, 3.05) is 18.0 Å². The summed E-state index contributed by atoms with van der Waals surface area (Å²) in [6, 6.07) is 14.1. The Morgan fingerprint density at radius 2 is 1.85 bits per heavy atom. The van der Waals surface area contributed by atoms with E-state index in [1.807, 2.05) is 6.07 Å². The number of ether oxygens (including phenoxy) is 1. The number of carbonyl (C=O) groups excluding carboxylic acids is 1. The Labute approximate surface area is 146 Å². The molecule has 130 valence electrons. The number of anilines is 1. The molecule has 1 fully saturated rings. The van der Waals surface area contributed by atoms with Crippen molar-refractivity contribution in [2.24, 2.45) is 5.11 Å². The summed E-state index contributed by atoms with van der Waals surface area (Å²) in [7, 11) is 0. The highest BCUT2D eigenvalue weighted by molar-refractivity contribution is 5.90. The van der Waals surface area contributed by atoms with E-state index in [0.29, 0.717) is 29.0 Å². The molecule has 1 aliphatic rings. The number of amides is 1. The number of fused-ring (bicyclic) bond motifs is 1. The van der Waals surface area contributed by atoms with Crippen LogP contribution in [-0.2, 0) is 4.74 Å². The van der Waals surface area contributed by atoms with Gasteiger partial charge in [0.05, 0.1) is 24.3 Å². The Hall–Kier alpha value is -3.71. The zero-order valence-electron chi connectivity index (χ0n) is 13.5. The van der Waals surface area contributed by atoms with Gasteiger partial charge in [0.2, 0.25) is 0 Å². The van der Waals surface area contributed by atoms with E-state index >= 15 is 0 Å². The maximum Gasteiger partial charge on any atom is 0.424 e. The quantitative estimate of drug-likeness (QED) is 0.408. The Bertz CT molecular complexity index is 1080.